The second kappa shape index (κ2) is 6.45. The van der Waals surface area contributed by atoms with Crippen molar-refractivity contribution in [1.82, 2.24) is 0 Å². The predicted octanol–water partition coefficient (Wildman–Crippen LogP) is 4.78. The number of unbranched alkanes of at least 4 members (excludes halogenated alkanes) is 2. The Bertz CT molecular complexity index is 117. The minimum atomic E-state index is 1.10. The molecule has 1 aliphatic rings. The lowest BCUT2D eigenvalue weighted by molar-refractivity contribution is 0.331. The fraction of sp³-hybridized carbons (Fsp3) is 1.00. The molecule has 0 aromatic carbocycles. The Labute approximate surface area is 84.1 Å². The van der Waals surface area contributed by atoms with E-state index in [0.717, 1.165) is 11.8 Å². The first-order valence-corrected chi connectivity index (χ1v) is 6.38. The van der Waals surface area contributed by atoms with Gasteiger partial charge in [-0.25, -0.2) is 0 Å². The van der Waals surface area contributed by atoms with Crippen molar-refractivity contribution in [3.05, 3.63) is 0 Å². The molecule has 78 valence electrons. The Morgan fingerprint density at radius 2 is 1.54 bits per heavy atom. The molecule has 1 rings (SSSR count). The summed E-state index contributed by atoms with van der Waals surface area (Å²) in [6, 6.07) is 0. The summed E-state index contributed by atoms with van der Waals surface area (Å²) in [4.78, 5) is 0. The highest BCUT2D eigenvalue weighted by Gasteiger charge is 2.25. The summed E-state index contributed by atoms with van der Waals surface area (Å²) in [6.45, 7) is 4.64. The topological polar surface area (TPSA) is 0 Å². The standard InChI is InChI=1S/C13H26/c1-3-5-6-9-13-11-7-10-12(13)8-4-2/h12-13H,3-11H2,1-2H3. The quantitative estimate of drug-likeness (QED) is 0.518. The van der Waals surface area contributed by atoms with Crippen molar-refractivity contribution in [2.75, 3.05) is 0 Å². The molecule has 1 fully saturated rings. The van der Waals surface area contributed by atoms with Crippen LogP contribution in [-0.2, 0) is 0 Å². The highest BCUT2D eigenvalue weighted by atomic mass is 14.3. The summed E-state index contributed by atoms with van der Waals surface area (Å²) in [6.07, 6.45) is 13.3. The lowest BCUT2D eigenvalue weighted by Gasteiger charge is -2.18. The maximum atomic E-state index is 2.33. The van der Waals surface area contributed by atoms with Crippen molar-refractivity contribution in [2.24, 2.45) is 11.8 Å². The molecule has 0 spiro atoms. The molecular formula is C13H26. The van der Waals surface area contributed by atoms with E-state index >= 15 is 0 Å². The molecule has 0 N–H and O–H groups in total. The van der Waals surface area contributed by atoms with Crippen LogP contribution in [-0.4, -0.2) is 0 Å². The van der Waals surface area contributed by atoms with Crippen molar-refractivity contribution in [2.45, 2.75) is 71.6 Å². The van der Waals surface area contributed by atoms with E-state index < -0.39 is 0 Å². The van der Waals surface area contributed by atoms with E-state index in [1.54, 1.807) is 0 Å². The molecule has 0 aliphatic heterocycles. The Hall–Kier alpha value is 0. The zero-order chi connectivity index (χ0) is 9.52. The summed E-state index contributed by atoms with van der Waals surface area (Å²) in [5.74, 6) is 2.20. The van der Waals surface area contributed by atoms with E-state index in [4.69, 9.17) is 0 Å². The molecule has 0 nitrogen and oxygen atoms in total. The van der Waals surface area contributed by atoms with Gasteiger partial charge in [0, 0.05) is 0 Å². The van der Waals surface area contributed by atoms with Gasteiger partial charge in [-0.05, 0) is 11.8 Å². The average molecular weight is 182 g/mol. The molecule has 0 bridgehead atoms. The van der Waals surface area contributed by atoms with Crippen LogP contribution < -0.4 is 0 Å². The molecule has 2 unspecified atom stereocenters. The molecule has 0 radical (unpaired) electrons. The Morgan fingerprint density at radius 3 is 2.15 bits per heavy atom. The molecule has 2 atom stereocenters. The summed E-state index contributed by atoms with van der Waals surface area (Å²) in [5.41, 5.74) is 0. The van der Waals surface area contributed by atoms with Gasteiger partial charge in [0.1, 0.15) is 0 Å². The third-order valence-corrected chi connectivity index (χ3v) is 3.65. The minimum absolute atomic E-state index is 1.10. The van der Waals surface area contributed by atoms with Crippen LogP contribution in [0.25, 0.3) is 0 Å². The molecule has 0 aromatic rings. The number of hydrogen-bond donors (Lipinski definition) is 0. The monoisotopic (exact) mass is 182 g/mol. The van der Waals surface area contributed by atoms with Gasteiger partial charge in [-0.2, -0.15) is 0 Å². The van der Waals surface area contributed by atoms with E-state index in [2.05, 4.69) is 13.8 Å². The SMILES string of the molecule is CCCCCC1CCCC1CCC. The van der Waals surface area contributed by atoms with Crippen LogP contribution in [0, 0.1) is 11.8 Å². The van der Waals surface area contributed by atoms with Crippen molar-refractivity contribution >= 4 is 0 Å². The van der Waals surface area contributed by atoms with Crippen LogP contribution in [0.3, 0.4) is 0 Å². The lowest BCUT2D eigenvalue weighted by Crippen LogP contribution is -2.07. The maximum absolute atomic E-state index is 2.33. The van der Waals surface area contributed by atoms with Crippen LogP contribution in [0.5, 0.6) is 0 Å². The van der Waals surface area contributed by atoms with Crippen LogP contribution >= 0.6 is 0 Å². The van der Waals surface area contributed by atoms with E-state index in [1.807, 2.05) is 0 Å². The molecule has 0 saturated heterocycles. The van der Waals surface area contributed by atoms with E-state index in [-0.39, 0.29) is 0 Å². The zero-order valence-corrected chi connectivity index (χ0v) is 9.52. The average Bonchev–Trinajstić information content (AvgIpc) is 2.54. The van der Waals surface area contributed by atoms with Gasteiger partial charge in [-0.1, -0.05) is 71.6 Å². The fourth-order valence-corrected chi connectivity index (χ4v) is 2.90. The van der Waals surface area contributed by atoms with E-state index in [1.165, 1.54) is 57.8 Å². The number of rotatable bonds is 6. The van der Waals surface area contributed by atoms with Crippen molar-refractivity contribution < 1.29 is 0 Å². The Kier molecular flexibility index (Phi) is 5.50. The Morgan fingerprint density at radius 1 is 0.846 bits per heavy atom. The molecule has 1 saturated carbocycles. The highest BCUT2D eigenvalue weighted by Crippen LogP contribution is 2.37. The van der Waals surface area contributed by atoms with Gasteiger partial charge in [0.15, 0.2) is 0 Å². The number of hydrogen-bond acceptors (Lipinski definition) is 0. The molecule has 13 heavy (non-hydrogen) atoms. The van der Waals surface area contributed by atoms with Gasteiger partial charge in [0.2, 0.25) is 0 Å². The predicted molar refractivity (Wildman–Crippen MR) is 59.9 cm³/mol. The summed E-state index contributed by atoms with van der Waals surface area (Å²) < 4.78 is 0. The van der Waals surface area contributed by atoms with Crippen LogP contribution in [0.1, 0.15) is 71.6 Å². The van der Waals surface area contributed by atoms with Gasteiger partial charge < -0.3 is 0 Å². The first-order valence-electron chi connectivity index (χ1n) is 6.38. The molecular weight excluding hydrogens is 156 g/mol. The van der Waals surface area contributed by atoms with Crippen LogP contribution in [0.15, 0.2) is 0 Å². The second-order valence-electron chi connectivity index (χ2n) is 4.74. The Balaban J connectivity index is 2.15. The first kappa shape index (κ1) is 11.1. The van der Waals surface area contributed by atoms with Crippen molar-refractivity contribution in [3.8, 4) is 0 Å². The fourth-order valence-electron chi connectivity index (χ4n) is 2.90. The second-order valence-corrected chi connectivity index (χ2v) is 4.74. The van der Waals surface area contributed by atoms with E-state index in [0.29, 0.717) is 0 Å². The van der Waals surface area contributed by atoms with Gasteiger partial charge in [0.05, 0.1) is 0 Å². The van der Waals surface area contributed by atoms with Gasteiger partial charge >= 0.3 is 0 Å². The molecule has 0 amide bonds. The van der Waals surface area contributed by atoms with Crippen LogP contribution in [0.2, 0.25) is 0 Å². The minimum Gasteiger partial charge on any atom is -0.0654 e. The summed E-state index contributed by atoms with van der Waals surface area (Å²) in [5, 5.41) is 0. The van der Waals surface area contributed by atoms with Crippen molar-refractivity contribution in [1.29, 1.82) is 0 Å². The smallest absolute Gasteiger partial charge is 0.0386 e. The molecule has 0 heteroatoms. The van der Waals surface area contributed by atoms with Crippen LogP contribution in [0.4, 0.5) is 0 Å². The van der Waals surface area contributed by atoms with Gasteiger partial charge in [-0.3, -0.25) is 0 Å². The van der Waals surface area contributed by atoms with Gasteiger partial charge in [0.25, 0.3) is 0 Å². The lowest BCUT2D eigenvalue weighted by atomic mass is 9.88. The largest absolute Gasteiger partial charge is 0.0654 e. The normalized spacial score (nSPS) is 28.2. The molecule has 0 aromatic heterocycles. The molecule has 0 heterocycles. The summed E-state index contributed by atoms with van der Waals surface area (Å²) in [7, 11) is 0. The highest BCUT2D eigenvalue weighted by molar-refractivity contribution is 4.76. The molecule has 1 aliphatic carbocycles. The van der Waals surface area contributed by atoms with Crippen molar-refractivity contribution in [3.63, 3.8) is 0 Å². The van der Waals surface area contributed by atoms with Gasteiger partial charge in [-0.15, -0.1) is 0 Å². The summed E-state index contributed by atoms with van der Waals surface area (Å²) >= 11 is 0. The zero-order valence-electron chi connectivity index (χ0n) is 9.52. The third-order valence-electron chi connectivity index (χ3n) is 3.65. The van der Waals surface area contributed by atoms with E-state index in [9.17, 15) is 0 Å². The first-order chi connectivity index (χ1) is 6.38. The maximum Gasteiger partial charge on any atom is -0.0386 e. The third kappa shape index (κ3) is 3.70.